The molecule has 0 amide bonds. The maximum atomic E-state index is 5.63. The number of aryl methyl sites for hydroxylation is 1. The summed E-state index contributed by atoms with van der Waals surface area (Å²) in [6.07, 6.45) is 0. The van der Waals surface area contributed by atoms with E-state index in [1.54, 1.807) is 0 Å². The lowest BCUT2D eigenvalue weighted by Crippen LogP contribution is -2.07. The molecule has 1 aromatic carbocycles. The van der Waals surface area contributed by atoms with E-state index in [-0.39, 0.29) is 0 Å². The molecule has 0 saturated heterocycles. The minimum absolute atomic E-state index is 0.379. The molecule has 0 spiro atoms. The highest BCUT2D eigenvalue weighted by molar-refractivity contribution is 5.35. The molecule has 0 fully saturated rings. The Bertz CT molecular complexity index is 500. The molecular formula is C14H17N3O. The second-order valence-corrected chi connectivity index (χ2v) is 3.94. The maximum Gasteiger partial charge on any atom is 0.168 e. The number of aromatic nitrogens is 2. The summed E-state index contributed by atoms with van der Waals surface area (Å²) in [4.78, 5) is 8.75. The molecule has 18 heavy (non-hydrogen) atoms. The van der Waals surface area contributed by atoms with Crippen LogP contribution in [-0.2, 0) is 6.61 Å². The van der Waals surface area contributed by atoms with Gasteiger partial charge in [-0.15, -0.1) is 0 Å². The highest BCUT2D eigenvalue weighted by Crippen LogP contribution is 2.11. The van der Waals surface area contributed by atoms with Crippen molar-refractivity contribution >= 4 is 5.82 Å². The van der Waals surface area contributed by atoms with Gasteiger partial charge in [-0.3, -0.25) is 0 Å². The first-order valence-corrected chi connectivity index (χ1v) is 6.04. The van der Waals surface area contributed by atoms with Gasteiger partial charge in [-0.05, 0) is 26.0 Å². The number of nitrogens with zero attached hydrogens (tertiary/aromatic N) is 2. The third-order valence-electron chi connectivity index (χ3n) is 2.37. The second-order valence-electron chi connectivity index (χ2n) is 3.94. The van der Waals surface area contributed by atoms with Gasteiger partial charge in [-0.2, -0.15) is 0 Å². The number of benzene rings is 1. The molecular weight excluding hydrogens is 226 g/mol. The summed E-state index contributed by atoms with van der Waals surface area (Å²) in [6.45, 7) is 5.21. The fourth-order valence-corrected chi connectivity index (χ4v) is 1.63. The van der Waals surface area contributed by atoms with Crippen LogP contribution in [0.3, 0.4) is 0 Å². The van der Waals surface area contributed by atoms with Crippen molar-refractivity contribution < 1.29 is 4.74 Å². The van der Waals surface area contributed by atoms with E-state index in [0.717, 1.165) is 23.8 Å². The Kier molecular flexibility index (Phi) is 4.12. The summed E-state index contributed by atoms with van der Waals surface area (Å²) in [7, 11) is 0. The molecule has 0 bridgehead atoms. The van der Waals surface area contributed by atoms with E-state index in [4.69, 9.17) is 4.74 Å². The molecule has 1 heterocycles. The first kappa shape index (κ1) is 12.4. The highest BCUT2D eigenvalue weighted by Gasteiger charge is 2.02. The monoisotopic (exact) mass is 243 g/mol. The van der Waals surface area contributed by atoms with Gasteiger partial charge in [0.25, 0.3) is 0 Å². The molecule has 0 atom stereocenters. The molecule has 0 radical (unpaired) electrons. The summed E-state index contributed by atoms with van der Waals surface area (Å²) in [5, 5.41) is 3.18. The Morgan fingerprint density at radius 1 is 1.17 bits per heavy atom. The molecule has 0 unspecified atom stereocenters. The van der Waals surface area contributed by atoms with Crippen molar-refractivity contribution in [1.82, 2.24) is 9.97 Å². The topological polar surface area (TPSA) is 47.0 Å². The van der Waals surface area contributed by atoms with E-state index in [9.17, 15) is 0 Å². The Morgan fingerprint density at radius 3 is 2.67 bits per heavy atom. The lowest BCUT2D eigenvalue weighted by Gasteiger charge is -2.08. The van der Waals surface area contributed by atoms with Crippen molar-refractivity contribution in [3.05, 3.63) is 47.9 Å². The summed E-state index contributed by atoms with van der Waals surface area (Å²) in [5.74, 6) is 2.36. The molecule has 1 N–H and O–H groups in total. The summed E-state index contributed by atoms with van der Waals surface area (Å²) in [5.41, 5.74) is 0.938. The summed E-state index contributed by atoms with van der Waals surface area (Å²) >= 11 is 0. The van der Waals surface area contributed by atoms with E-state index in [2.05, 4.69) is 15.3 Å². The van der Waals surface area contributed by atoms with Gasteiger partial charge < -0.3 is 10.1 Å². The third-order valence-corrected chi connectivity index (χ3v) is 2.37. The SMILES string of the molecule is CCNc1cc(C)nc(COc2ccccc2)n1. The van der Waals surface area contributed by atoms with Gasteiger partial charge >= 0.3 is 0 Å². The van der Waals surface area contributed by atoms with Crippen molar-refractivity contribution in [2.24, 2.45) is 0 Å². The van der Waals surface area contributed by atoms with Crippen molar-refractivity contribution in [3.8, 4) is 5.75 Å². The number of rotatable bonds is 5. The first-order valence-electron chi connectivity index (χ1n) is 6.04. The van der Waals surface area contributed by atoms with Crippen molar-refractivity contribution in [3.63, 3.8) is 0 Å². The molecule has 94 valence electrons. The predicted molar refractivity (Wildman–Crippen MR) is 71.7 cm³/mol. The zero-order chi connectivity index (χ0) is 12.8. The summed E-state index contributed by atoms with van der Waals surface area (Å²) < 4.78 is 5.63. The third kappa shape index (κ3) is 3.45. The van der Waals surface area contributed by atoms with E-state index in [1.807, 2.05) is 50.2 Å². The van der Waals surface area contributed by atoms with Crippen LogP contribution in [0.5, 0.6) is 5.75 Å². The van der Waals surface area contributed by atoms with Crippen LogP contribution in [-0.4, -0.2) is 16.5 Å². The number of anilines is 1. The highest BCUT2D eigenvalue weighted by atomic mass is 16.5. The molecule has 4 heteroatoms. The van der Waals surface area contributed by atoms with E-state index >= 15 is 0 Å². The quantitative estimate of drug-likeness (QED) is 0.877. The number of nitrogens with one attached hydrogen (secondary N) is 1. The number of hydrogen-bond acceptors (Lipinski definition) is 4. The second kappa shape index (κ2) is 6.00. The molecule has 0 saturated carbocycles. The Labute approximate surface area is 107 Å². The molecule has 2 aromatic rings. The lowest BCUT2D eigenvalue weighted by atomic mass is 10.3. The standard InChI is InChI=1S/C14H17N3O/c1-3-15-13-9-11(2)16-14(17-13)10-18-12-7-5-4-6-8-12/h4-9H,3,10H2,1-2H3,(H,15,16,17). The predicted octanol–water partition coefficient (Wildman–Crippen LogP) is 2.80. The molecule has 1 aromatic heterocycles. The summed E-state index contributed by atoms with van der Waals surface area (Å²) in [6, 6.07) is 11.6. The van der Waals surface area contributed by atoms with Crippen molar-refractivity contribution in [1.29, 1.82) is 0 Å². The van der Waals surface area contributed by atoms with E-state index in [0.29, 0.717) is 12.4 Å². The maximum absolute atomic E-state index is 5.63. The Balaban J connectivity index is 2.05. The first-order chi connectivity index (χ1) is 8.78. The Hall–Kier alpha value is -2.10. The number of ether oxygens (including phenoxy) is 1. The minimum Gasteiger partial charge on any atom is -0.486 e. The lowest BCUT2D eigenvalue weighted by molar-refractivity contribution is 0.295. The van der Waals surface area contributed by atoms with Gasteiger partial charge in [0.1, 0.15) is 18.2 Å². The van der Waals surface area contributed by atoms with Crippen LogP contribution in [0.25, 0.3) is 0 Å². The van der Waals surface area contributed by atoms with Gasteiger partial charge in [0.05, 0.1) is 0 Å². The van der Waals surface area contributed by atoms with Crippen LogP contribution in [0.1, 0.15) is 18.4 Å². The van der Waals surface area contributed by atoms with Crippen LogP contribution in [0.2, 0.25) is 0 Å². The number of para-hydroxylation sites is 1. The zero-order valence-electron chi connectivity index (χ0n) is 10.7. The minimum atomic E-state index is 0.379. The van der Waals surface area contributed by atoms with E-state index in [1.165, 1.54) is 0 Å². The van der Waals surface area contributed by atoms with Crippen LogP contribution in [0.4, 0.5) is 5.82 Å². The van der Waals surface area contributed by atoms with Gasteiger partial charge in [-0.25, -0.2) is 9.97 Å². The normalized spacial score (nSPS) is 10.1. The average molecular weight is 243 g/mol. The molecule has 2 rings (SSSR count). The smallest absolute Gasteiger partial charge is 0.168 e. The van der Waals surface area contributed by atoms with Crippen molar-refractivity contribution in [2.75, 3.05) is 11.9 Å². The average Bonchev–Trinajstić information content (AvgIpc) is 2.37. The van der Waals surface area contributed by atoms with Crippen LogP contribution >= 0.6 is 0 Å². The Morgan fingerprint density at radius 2 is 1.94 bits per heavy atom. The largest absolute Gasteiger partial charge is 0.486 e. The number of hydrogen-bond donors (Lipinski definition) is 1. The van der Waals surface area contributed by atoms with Gasteiger partial charge in [0.2, 0.25) is 0 Å². The van der Waals surface area contributed by atoms with Gasteiger partial charge in [-0.1, -0.05) is 18.2 Å². The zero-order valence-corrected chi connectivity index (χ0v) is 10.7. The molecule has 4 nitrogen and oxygen atoms in total. The van der Waals surface area contributed by atoms with E-state index < -0.39 is 0 Å². The van der Waals surface area contributed by atoms with Gasteiger partial charge in [0, 0.05) is 18.3 Å². The van der Waals surface area contributed by atoms with Crippen LogP contribution in [0, 0.1) is 6.92 Å². The molecule has 0 aliphatic rings. The fourth-order valence-electron chi connectivity index (χ4n) is 1.63. The molecule has 0 aliphatic carbocycles. The van der Waals surface area contributed by atoms with Crippen LogP contribution < -0.4 is 10.1 Å². The van der Waals surface area contributed by atoms with Gasteiger partial charge in [0.15, 0.2) is 5.82 Å². The van der Waals surface area contributed by atoms with Crippen LogP contribution in [0.15, 0.2) is 36.4 Å². The van der Waals surface area contributed by atoms with Crippen molar-refractivity contribution in [2.45, 2.75) is 20.5 Å². The molecule has 0 aliphatic heterocycles. The fraction of sp³-hybridized carbons (Fsp3) is 0.286.